The van der Waals surface area contributed by atoms with Crippen molar-refractivity contribution in [3.05, 3.63) is 82.1 Å². The van der Waals surface area contributed by atoms with E-state index in [1.54, 1.807) is 23.0 Å². The first-order valence-electron chi connectivity index (χ1n) is 16.7. The van der Waals surface area contributed by atoms with Gasteiger partial charge in [-0.15, -0.1) is 0 Å². The van der Waals surface area contributed by atoms with Crippen LogP contribution in [0.2, 0.25) is 0 Å². The first-order chi connectivity index (χ1) is 24.3. The summed E-state index contributed by atoms with van der Waals surface area (Å²) in [6.45, 7) is 7.16. The second-order valence-electron chi connectivity index (χ2n) is 13.9. The van der Waals surface area contributed by atoms with Crippen molar-refractivity contribution < 1.29 is 37.9 Å². The Morgan fingerprint density at radius 1 is 0.922 bits per heavy atom. The number of ether oxygens (including phenoxy) is 5. The standard InChI is InChI=1S/C34H38BrN4O9PS2/c1-33(2)45-25-19(17-43-49(42,50-20-11-7-5-8-12-20)51-21-13-9-6-10-14-21)15-22(26(25)46-33)38-18-36-29-24(30(38)41)37-32(35)39(29)31-28-27(23(16-40)44-31)47-34(3,4)48-28/h5-14,18-19,22-23,25-28,31,40H,15-17H2,1-4H3/t19-,22-,23-,25-,26+,27-,28-,31-/m1/s1. The summed E-state index contributed by atoms with van der Waals surface area (Å²) in [5.74, 6) is -5.39. The molecule has 8 atom stereocenters. The Bertz CT molecular complexity index is 1970. The minimum atomic E-state index is -3.36. The molecule has 2 aromatic carbocycles. The van der Waals surface area contributed by atoms with Gasteiger partial charge in [-0.2, -0.15) is 0 Å². The van der Waals surface area contributed by atoms with Crippen molar-refractivity contribution in [3.8, 4) is 0 Å². The number of benzene rings is 2. The van der Waals surface area contributed by atoms with Crippen molar-refractivity contribution in [2.75, 3.05) is 13.2 Å². The lowest BCUT2D eigenvalue weighted by molar-refractivity contribution is -0.200. The lowest BCUT2D eigenvalue weighted by Gasteiger charge is -2.25. The molecule has 0 spiro atoms. The SMILES string of the molecule is CC1(C)O[C@@H]2[C@@H](COP(=O)(Sc3ccccc3)Sc3ccccc3)C[C@@H](n3cnc4c(nc(Br)n4[C@@H]4O[C@H](CO)[C@H]5OC(C)(C)O[C@H]54)c3=O)[C@@H]2O1. The molecule has 272 valence electrons. The molecular weight excluding hydrogens is 783 g/mol. The van der Waals surface area contributed by atoms with Crippen molar-refractivity contribution in [1.82, 2.24) is 19.1 Å². The molecule has 0 unspecified atom stereocenters. The van der Waals surface area contributed by atoms with Crippen molar-refractivity contribution in [3.63, 3.8) is 0 Å². The van der Waals surface area contributed by atoms with E-state index in [9.17, 15) is 14.5 Å². The number of hydrogen-bond acceptors (Lipinski definition) is 13. The molecular formula is C34H38BrN4O9PS2. The number of nitrogens with zero attached hydrogens (tertiary/aromatic N) is 4. The van der Waals surface area contributed by atoms with Crippen LogP contribution in [0.1, 0.15) is 46.4 Å². The molecule has 3 saturated heterocycles. The number of imidazole rings is 1. The summed E-state index contributed by atoms with van der Waals surface area (Å²) in [4.78, 5) is 25.2. The number of aromatic nitrogens is 4. The molecule has 13 nitrogen and oxygen atoms in total. The van der Waals surface area contributed by atoms with Gasteiger partial charge in [0.1, 0.15) is 30.7 Å². The highest BCUT2D eigenvalue weighted by Gasteiger charge is 2.57. The highest BCUT2D eigenvalue weighted by Crippen LogP contribution is 2.74. The summed E-state index contributed by atoms with van der Waals surface area (Å²) in [6.07, 6.45) is -1.40. The number of aliphatic hydroxyl groups is 1. The fourth-order valence-corrected chi connectivity index (χ4v) is 14.5. The van der Waals surface area contributed by atoms with Crippen molar-refractivity contribution in [2.24, 2.45) is 5.92 Å². The van der Waals surface area contributed by atoms with E-state index < -0.39 is 60.1 Å². The molecule has 51 heavy (non-hydrogen) atoms. The summed E-state index contributed by atoms with van der Waals surface area (Å²) in [7, 11) is 0. The summed E-state index contributed by atoms with van der Waals surface area (Å²) >= 11 is 5.96. The number of fused-ring (bicyclic) bond motifs is 3. The quantitative estimate of drug-likeness (QED) is 0.136. The minimum absolute atomic E-state index is 0.130. The Hall–Kier alpha value is -2.08. The summed E-state index contributed by atoms with van der Waals surface area (Å²) < 4.78 is 55.6. The van der Waals surface area contributed by atoms with Crippen molar-refractivity contribution in [1.29, 1.82) is 0 Å². The topological polar surface area (TPSA) is 145 Å². The Balaban J connectivity index is 1.08. The molecule has 0 bridgehead atoms. The van der Waals surface area contributed by atoms with Gasteiger partial charge in [-0.25, -0.2) is 9.97 Å². The van der Waals surface area contributed by atoms with Gasteiger partial charge in [0, 0.05) is 15.7 Å². The predicted octanol–water partition coefficient (Wildman–Crippen LogP) is 6.56. The third kappa shape index (κ3) is 6.91. The lowest BCUT2D eigenvalue weighted by Crippen LogP contribution is -2.34. The van der Waals surface area contributed by atoms with Gasteiger partial charge in [0.05, 0.1) is 25.4 Å². The first-order valence-corrected chi connectivity index (χ1v) is 22.0. The first kappa shape index (κ1) is 35.9. The van der Waals surface area contributed by atoms with Gasteiger partial charge >= 0.3 is 5.77 Å². The Morgan fingerprint density at radius 3 is 2.14 bits per heavy atom. The summed E-state index contributed by atoms with van der Waals surface area (Å²) in [5.41, 5.74) is 0.0710. The van der Waals surface area contributed by atoms with Crippen LogP contribution in [0.3, 0.4) is 0 Å². The van der Waals surface area contributed by atoms with Crippen LogP contribution in [-0.4, -0.2) is 79.5 Å². The molecule has 3 aliphatic heterocycles. The minimum Gasteiger partial charge on any atom is -0.394 e. The van der Waals surface area contributed by atoms with Gasteiger partial charge in [-0.05, 0) is 97.1 Å². The van der Waals surface area contributed by atoms with Gasteiger partial charge in [0.25, 0.3) is 5.56 Å². The molecule has 4 aromatic rings. The molecule has 0 amide bonds. The smallest absolute Gasteiger partial charge is 0.322 e. The second kappa shape index (κ2) is 13.6. The average molecular weight is 822 g/mol. The van der Waals surface area contributed by atoms with Crippen molar-refractivity contribution in [2.45, 2.75) is 98.3 Å². The van der Waals surface area contributed by atoms with Crippen LogP contribution >= 0.6 is 44.5 Å². The van der Waals surface area contributed by atoms with Crippen molar-refractivity contribution >= 4 is 55.6 Å². The Morgan fingerprint density at radius 2 is 1.51 bits per heavy atom. The molecule has 2 aromatic heterocycles. The van der Waals surface area contributed by atoms with E-state index in [0.29, 0.717) is 16.8 Å². The zero-order chi connectivity index (χ0) is 35.7. The van der Waals surface area contributed by atoms with E-state index in [4.69, 9.17) is 33.2 Å². The van der Waals surface area contributed by atoms with Gasteiger partial charge in [-0.1, -0.05) is 36.4 Å². The van der Waals surface area contributed by atoms with E-state index in [2.05, 4.69) is 20.9 Å². The van der Waals surface area contributed by atoms with Gasteiger partial charge in [-0.3, -0.25) is 18.5 Å². The summed E-state index contributed by atoms with van der Waals surface area (Å²) in [5, 5.41) is 10.0. The second-order valence-corrected chi connectivity index (χ2v) is 21.7. The van der Waals surface area contributed by atoms with E-state index >= 15 is 0 Å². The molecule has 0 radical (unpaired) electrons. The molecule has 4 fully saturated rings. The molecule has 1 N–H and O–H groups in total. The van der Waals surface area contributed by atoms with Crippen LogP contribution < -0.4 is 5.56 Å². The molecule has 1 saturated carbocycles. The lowest BCUT2D eigenvalue weighted by atomic mass is 10.1. The Labute approximate surface area is 310 Å². The summed E-state index contributed by atoms with van der Waals surface area (Å²) in [6, 6.07) is 18.7. The van der Waals surface area contributed by atoms with Crippen LogP contribution in [-0.2, 0) is 32.8 Å². The fraction of sp³-hybridized carbons (Fsp3) is 0.500. The number of hydrogen-bond donors (Lipinski definition) is 1. The zero-order valence-electron chi connectivity index (χ0n) is 28.2. The van der Waals surface area contributed by atoms with Gasteiger partial charge in [0.2, 0.25) is 0 Å². The third-order valence-electron chi connectivity index (χ3n) is 9.42. The average Bonchev–Trinajstić information content (AvgIpc) is 3.85. The van der Waals surface area contributed by atoms with E-state index in [1.165, 1.54) is 29.1 Å². The molecule has 4 aliphatic rings. The van der Waals surface area contributed by atoms with Crippen LogP contribution in [0.25, 0.3) is 11.2 Å². The van der Waals surface area contributed by atoms with Crippen LogP contribution in [0.4, 0.5) is 0 Å². The number of aliphatic hydroxyl groups excluding tert-OH is 1. The Kier molecular flexibility index (Phi) is 9.61. The third-order valence-corrected chi connectivity index (χ3v) is 16.4. The fourth-order valence-electron chi connectivity index (χ4n) is 7.40. The maximum atomic E-state index is 14.5. The monoisotopic (exact) mass is 820 g/mol. The highest BCUT2D eigenvalue weighted by atomic mass is 79.9. The number of rotatable bonds is 10. The molecule has 8 rings (SSSR count). The van der Waals surface area contributed by atoms with E-state index in [0.717, 1.165) is 9.79 Å². The predicted molar refractivity (Wildman–Crippen MR) is 193 cm³/mol. The van der Waals surface area contributed by atoms with Crippen LogP contribution in [0.15, 0.2) is 86.3 Å². The molecule has 17 heteroatoms. The zero-order valence-corrected chi connectivity index (χ0v) is 32.3. The highest BCUT2D eigenvalue weighted by molar-refractivity contribution is 9.10. The van der Waals surface area contributed by atoms with E-state index in [-0.39, 0.29) is 30.2 Å². The van der Waals surface area contributed by atoms with Crippen LogP contribution in [0, 0.1) is 5.92 Å². The largest absolute Gasteiger partial charge is 0.394 e. The van der Waals surface area contributed by atoms with Crippen LogP contribution in [0.5, 0.6) is 0 Å². The molecule has 1 aliphatic carbocycles. The normalized spacial score (nSPS) is 30.9. The number of halogens is 1. The molecule has 5 heterocycles. The maximum Gasteiger partial charge on any atom is 0.322 e. The van der Waals surface area contributed by atoms with E-state index in [1.807, 2.05) is 74.5 Å². The maximum absolute atomic E-state index is 14.5. The van der Waals surface area contributed by atoms with Gasteiger partial charge < -0.3 is 33.3 Å². The van der Waals surface area contributed by atoms with Gasteiger partial charge in [0.15, 0.2) is 33.7 Å².